The number of carboxylic acids is 1. The number of nitrogens with one attached hydrogen (secondary N) is 1. The summed E-state index contributed by atoms with van der Waals surface area (Å²) < 4.78 is 0. The zero-order valence-corrected chi connectivity index (χ0v) is 15.2. The van der Waals surface area contributed by atoms with Gasteiger partial charge in [-0.1, -0.05) is 31.2 Å². The molecule has 0 aliphatic carbocycles. The van der Waals surface area contributed by atoms with Crippen molar-refractivity contribution in [2.45, 2.75) is 45.6 Å². The van der Waals surface area contributed by atoms with Gasteiger partial charge in [0.1, 0.15) is 6.29 Å². The summed E-state index contributed by atoms with van der Waals surface area (Å²) >= 11 is 0. The number of nitrogens with zero attached hydrogens (tertiary/aromatic N) is 1. The van der Waals surface area contributed by atoms with E-state index in [1.54, 1.807) is 31.2 Å². The van der Waals surface area contributed by atoms with Crippen molar-refractivity contribution >= 4 is 24.1 Å². The van der Waals surface area contributed by atoms with Gasteiger partial charge in [0, 0.05) is 13.1 Å². The van der Waals surface area contributed by atoms with Crippen LogP contribution in [0.5, 0.6) is 0 Å². The van der Waals surface area contributed by atoms with E-state index < -0.39 is 12.0 Å². The van der Waals surface area contributed by atoms with Crippen molar-refractivity contribution in [2.75, 3.05) is 13.1 Å². The van der Waals surface area contributed by atoms with Crippen LogP contribution in [0, 0.1) is 0 Å². The second kappa shape index (κ2) is 11.0. The van der Waals surface area contributed by atoms with Crippen LogP contribution in [0.1, 0.15) is 37.8 Å². The smallest absolute Gasteiger partial charge is 0.305 e. The van der Waals surface area contributed by atoms with E-state index in [0.717, 1.165) is 18.3 Å². The number of amides is 2. The summed E-state index contributed by atoms with van der Waals surface area (Å²) in [5.74, 6) is -1.43. The van der Waals surface area contributed by atoms with Gasteiger partial charge in [-0.3, -0.25) is 14.4 Å². The first-order valence-corrected chi connectivity index (χ1v) is 8.69. The molecular weight excluding hydrogens is 336 g/mol. The first-order chi connectivity index (χ1) is 12.4. The summed E-state index contributed by atoms with van der Waals surface area (Å²) in [6.07, 6.45) is 1.53. The van der Waals surface area contributed by atoms with Gasteiger partial charge >= 0.3 is 5.97 Å². The van der Waals surface area contributed by atoms with Gasteiger partial charge in [0.15, 0.2) is 0 Å². The Hall–Kier alpha value is -2.70. The van der Waals surface area contributed by atoms with Crippen LogP contribution in [0.15, 0.2) is 24.3 Å². The van der Waals surface area contributed by atoms with Gasteiger partial charge in [-0.05, 0) is 24.5 Å². The maximum atomic E-state index is 12.6. The molecule has 1 atom stereocenters. The van der Waals surface area contributed by atoms with Crippen LogP contribution in [0.4, 0.5) is 0 Å². The summed E-state index contributed by atoms with van der Waals surface area (Å²) in [4.78, 5) is 47.6. The molecule has 0 fully saturated rings. The molecule has 26 heavy (non-hydrogen) atoms. The van der Waals surface area contributed by atoms with Crippen molar-refractivity contribution in [3.8, 4) is 0 Å². The fraction of sp³-hybridized carbons (Fsp3) is 0.474. The molecule has 2 N–H and O–H groups in total. The number of aldehydes is 1. The van der Waals surface area contributed by atoms with E-state index in [0.29, 0.717) is 12.1 Å². The quantitative estimate of drug-likeness (QED) is 0.576. The molecule has 0 saturated carbocycles. The molecular formula is C19H26N2O5. The van der Waals surface area contributed by atoms with Crippen LogP contribution < -0.4 is 5.32 Å². The van der Waals surface area contributed by atoms with Crippen LogP contribution in [0.3, 0.4) is 0 Å². The molecule has 1 unspecified atom stereocenters. The Kier molecular flexibility index (Phi) is 9.05. The number of carboxylic acid groups (broad SMARTS) is 1. The SMILES string of the molecule is CCCN(C(=O)Cc1ccccc1CC(=O)NCCC(=O)O)C(C)C=O. The minimum atomic E-state index is -0.975. The predicted molar refractivity (Wildman–Crippen MR) is 96.6 cm³/mol. The van der Waals surface area contributed by atoms with Gasteiger partial charge in [0.25, 0.3) is 0 Å². The number of hydrogen-bond acceptors (Lipinski definition) is 4. The highest BCUT2D eigenvalue weighted by atomic mass is 16.4. The number of hydrogen-bond donors (Lipinski definition) is 2. The molecule has 1 rings (SSSR count). The molecule has 7 nitrogen and oxygen atoms in total. The lowest BCUT2D eigenvalue weighted by atomic mass is 10.0. The van der Waals surface area contributed by atoms with E-state index >= 15 is 0 Å². The zero-order chi connectivity index (χ0) is 19.5. The summed E-state index contributed by atoms with van der Waals surface area (Å²) in [7, 11) is 0. The van der Waals surface area contributed by atoms with Crippen molar-refractivity contribution in [3.63, 3.8) is 0 Å². The zero-order valence-electron chi connectivity index (χ0n) is 15.2. The Bertz CT molecular complexity index is 645. The van der Waals surface area contributed by atoms with Crippen LogP contribution in [0.2, 0.25) is 0 Å². The summed E-state index contributed by atoms with van der Waals surface area (Å²) in [6, 6.07) is 6.64. The minimum absolute atomic E-state index is 0.0659. The summed E-state index contributed by atoms with van der Waals surface area (Å²) in [5.41, 5.74) is 1.44. The molecule has 0 aliphatic rings. The van der Waals surface area contributed by atoms with Gasteiger partial charge in [-0.25, -0.2) is 0 Å². The minimum Gasteiger partial charge on any atom is -0.481 e. The predicted octanol–water partition coefficient (Wildman–Crippen LogP) is 1.19. The highest BCUT2D eigenvalue weighted by Crippen LogP contribution is 2.13. The first-order valence-electron chi connectivity index (χ1n) is 8.69. The molecule has 1 aromatic rings. The second-order valence-electron chi connectivity index (χ2n) is 6.08. The average Bonchev–Trinajstić information content (AvgIpc) is 2.60. The Labute approximate surface area is 153 Å². The van der Waals surface area contributed by atoms with Gasteiger partial charge in [0.2, 0.25) is 11.8 Å². The van der Waals surface area contributed by atoms with Crippen LogP contribution in [-0.4, -0.2) is 53.2 Å². The average molecular weight is 362 g/mol. The molecule has 0 aromatic heterocycles. The van der Waals surface area contributed by atoms with Crippen LogP contribution in [-0.2, 0) is 32.0 Å². The molecule has 0 radical (unpaired) electrons. The monoisotopic (exact) mass is 362 g/mol. The molecule has 0 spiro atoms. The molecule has 0 heterocycles. The lowest BCUT2D eigenvalue weighted by Crippen LogP contribution is -2.41. The van der Waals surface area contributed by atoms with E-state index in [1.165, 1.54) is 4.90 Å². The molecule has 2 amide bonds. The van der Waals surface area contributed by atoms with Crippen molar-refractivity contribution in [1.29, 1.82) is 0 Å². The highest BCUT2D eigenvalue weighted by Gasteiger charge is 2.20. The van der Waals surface area contributed by atoms with Crippen molar-refractivity contribution < 1.29 is 24.3 Å². The molecule has 0 bridgehead atoms. The number of aliphatic carboxylic acids is 1. The fourth-order valence-electron chi connectivity index (χ4n) is 2.58. The number of rotatable bonds is 11. The van der Waals surface area contributed by atoms with Crippen LogP contribution in [0.25, 0.3) is 0 Å². The Morgan fingerprint density at radius 3 is 2.35 bits per heavy atom. The Morgan fingerprint density at radius 1 is 1.19 bits per heavy atom. The largest absolute Gasteiger partial charge is 0.481 e. The summed E-state index contributed by atoms with van der Waals surface area (Å²) in [5, 5.41) is 11.2. The molecule has 142 valence electrons. The van der Waals surface area contributed by atoms with Gasteiger partial charge < -0.3 is 20.1 Å². The Balaban J connectivity index is 2.78. The molecule has 0 aliphatic heterocycles. The van der Waals surface area contributed by atoms with Crippen molar-refractivity contribution in [1.82, 2.24) is 10.2 Å². The second-order valence-corrected chi connectivity index (χ2v) is 6.08. The number of carbonyl (C=O) groups excluding carboxylic acids is 3. The third-order valence-corrected chi connectivity index (χ3v) is 3.95. The van der Waals surface area contributed by atoms with Crippen LogP contribution >= 0.6 is 0 Å². The maximum Gasteiger partial charge on any atom is 0.305 e. The van der Waals surface area contributed by atoms with E-state index in [1.807, 2.05) is 6.92 Å². The number of carbonyl (C=O) groups is 4. The lowest BCUT2D eigenvalue weighted by Gasteiger charge is -2.25. The van der Waals surface area contributed by atoms with Gasteiger partial charge in [-0.2, -0.15) is 0 Å². The molecule has 0 saturated heterocycles. The van der Waals surface area contributed by atoms with Crippen molar-refractivity contribution in [2.24, 2.45) is 0 Å². The normalized spacial score (nSPS) is 11.5. The third kappa shape index (κ3) is 7.04. The fourth-order valence-corrected chi connectivity index (χ4v) is 2.58. The highest BCUT2D eigenvalue weighted by molar-refractivity contribution is 5.83. The molecule has 1 aromatic carbocycles. The maximum absolute atomic E-state index is 12.6. The van der Waals surface area contributed by atoms with Gasteiger partial charge in [-0.15, -0.1) is 0 Å². The number of benzene rings is 1. The topological polar surface area (TPSA) is 104 Å². The molecule has 7 heteroatoms. The van der Waals surface area contributed by atoms with E-state index in [9.17, 15) is 19.2 Å². The van der Waals surface area contributed by atoms with Gasteiger partial charge in [0.05, 0.1) is 25.3 Å². The lowest BCUT2D eigenvalue weighted by molar-refractivity contribution is -0.137. The van der Waals surface area contributed by atoms with Crippen molar-refractivity contribution in [3.05, 3.63) is 35.4 Å². The van der Waals surface area contributed by atoms with E-state index in [2.05, 4.69) is 5.32 Å². The third-order valence-electron chi connectivity index (χ3n) is 3.95. The standard InChI is InChI=1S/C19H26N2O5/c1-3-10-21(14(2)13-22)18(24)12-16-7-5-4-6-15(16)11-17(23)20-9-8-19(25)26/h4-7,13-14H,3,8-12H2,1-2H3,(H,20,23)(H,25,26). The Morgan fingerprint density at radius 2 is 1.81 bits per heavy atom. The van der Waals surface area contributed by atoms with E-state index in [4.69, 9.17) is 5.11 Å². The summed E-state index contributed by atoms with van der Waals surface area (Å²) in [6.45, 7) is 4.18. The first kappa shape index (κ1) is 21.3. The van der Waals surface area contributed by atoms with E-state index in [-0.39, 0.29) is 37.6 Å².